The van der Waals surface area contributed by atoms with Crippen LogP contribution in [0, 0.1) is 11.8 Å². The minimum absolute atomic E-state index is 0.214. The van der Waals surface area contributed by atoms with E-state index in [2.05, 4.69) is 12.2 Å². The topological polar surface area (TPSA) is 64.4 Å². The molecule has 2 unspecified atom stereocenters. The number of nitrogens with two attached hydrogens (primary N) is 1. The summed E-state index contributed by atoms with van der Waals surface area (Å²) in [7, 11) is 0. The molecule has 1 aliphatic heterocycles. The van der Waals surface area contributed by atoms with Crippen LogP contribution < -0.4 is 11.1 Å². The van der Waals surface area contributed by atoms with E-state index in [9.17, 15) is 4.79 Å². The fourth-order valence-corrected chi connectivity index (χ4v) is 3.11. The molecule has 1 amide bonds. The maximum Gasteiger partial charge on any atom is 0.223 e. The molecule has 3 N–H and O–H groups in total. The van der Waals surface area contributed by atoms with Gasteiger partial charge in [-0.05, 0) is 57.9 Å². The molecule has 0 spiro atoms. The first-order valence-electron chi connectivity index (χ1n) is 7.31. The Hall–Kier alpha value is -0.610. The van der Waals surface area contributed by atoms with Crippen LogP contribution in [0.5, 0.6) is 0 Å². The maximum absolute atomic E-state index is 12.2. The predicted molar refractivity (Wildman–Crippen MR) is 71.1 cm³/mol. The summed E-state index contributed by atoms with van der Waals surface area (Å²) in [6.07, 6.45) is 6.41. The smallest absolute Gasteiger partial charge is 0.223 e. The number of hydrogen-bond donors (Lipinski definition) is 2. The average molecular weight is 254 g/mol. The fourth-order valence-electron chi connectivity index (χ4n) is 3.11. The van der Waals surface area contributed by atoms with Crippen molar-refractivity contribution >= 4 is 5.91 Å². The van der Waals surface area contributed by atoms with Gasteiger partial charge in [-0.15, -0.1) is 0 Å². The summed E-state index contributed by atoms with van der Waals surface area (Å²) in [6, 6.07) is 0.313. The molecule has 2 aliphatic rings. The highest BCUT2D eigenvalue weighted by Gasteiger charge is 2.28. The van der Waals surface area contributed by atoms with Crippen molar-refractivity contribution in [1.29, 1.82) is 0 Å². The zero-order valence-corrected chi connectivity index (χ0v) is 11.4. The van der Waals surface area contributed by atoms with Crippen molar-refractivity contribution in [2.24, 2.45) is 17.6 Å². The van der Waals surface area contributed by atoms with Crippen molar-refractivity contribution in [1.82, 2.24) is 5.32 Å². The quantitative estimate of drug-likeness (QED) is 0.801. The Labute approximate surface area is 110 Å². The van der Waals surface area contributed by atoms with Crippen LogP contribution >= 0.6 is 0 Å². The summed E-state index contributed by atoms with van der Waals surface area (Å²) in [5.74, 6) is 1.10. The first-order chi connectivity index (χ1) is 8.69. The summed E-state index contributed by atoms with van der Waals surface area (Å²) in [4.78, 5) is 12.2. The van der Waals surface area contributed by atoms with Gasteiger partial charge >= 0.3 is 0 Å². The van der Waals surface area contributed by atoms with Gasteiger partial charge in [-0.25, -0.2) is 0 Å². The Morgan fingerprint density at radius 2 is 2.00 bits per heavy atom. The van der Waals surface area contributed by atoms with Crippen LogP contribution in [-0.4, -0.2) is 31.2 Å². The van der Waals surface area contributed by atoms with Crippen molar-refractivity contribution in [2.45, 2.75) is 57.6 Å². The van der Waals surface area contributed by atoms with Crippen LogP contribution in [0.25, 0.3) is 0 Å². The first kappa shape index (κ1) is 13.8. The number of carbonyl (C=O) groups is 1. The lowest BCUT2D eigenvalue weighted by atomic mass is 9.81. The molecule has 1 saturated carbocycles. The van der Waals surface area contributed by atoms with Gasteiger partial charge in [-0.2, -0.15) is 0 Å². The van der Waals surface area contributed by atoms with E-state index in [1.807, 2.05) is 0 Å². The summed E-state index contributed by atoms with van der Waals surface area (Å²) < 4.78 is 5.50. The number of amides is 1. The Kier molecular flexibility index (Phi) is 5.01. The molecule has 0 radical (unpaired) electrons. The zero-order chi connectivity index (χ0) is 13.0. The molecule has 18 heavy (non-hydrogen) atoms. The Morgan fingerprint density at radius 3 is 2.61 bits per heavy atom. The molecule has 0 aromatic carbocycles. The second-order valence-corrected chi connectivity index (χ2v) is 5.86. The molecule has 1 aliphatic carbocycles. The minimum atomic E-state index is 0.214. The molecule has 2 fully saturated rings. The lowest BCUT2D eigenvalue weighted by Gasteiger charge is -2.31. The largest absolute Gasteiger partial charge is 0.378 e. The molecule has 4 heteroatoms. The van der Waals surface area contributed by atoms with E-state index in [0.717, 1.165) is 51.7 Å². The van der Waals surface area contributed by atoms with Gasteiger partial charge in [0.1, 0.15) is 0 Å². The normalized spacial score (nSPS) is 37.2. The minimum Gasteiger partial charge on any atom is -0.378 e. The Bertz CT molecular complexity index is 275. The van der Waals surface area contributed by atoms with Gasteiger partial charge in [0.25, 0.3) is 0 Å². The Morgan fingerprint density at radius 1 is 1.28 bits per heavy atom. The van der Waals surface area contributed by atoms with Crippen LogP contribution in [0.3, 0.4) is 0 Å². The van der Waals surface area contributed by atoms with Crippen LogP contribution in [-0.2, 0) is 9.53 Å². The first-order valence-corrected chi connectivity index (χ1v) is 7.31. The molecule has 1 heterocycles. The standard InChI is InChI=1S/C14H26N2O2/c1-10-8-13(6-7-18-10)16-14(17)12-4-2-11(9-15)3-5-12/h10-13H,2-9,15H2,1H3,(H,16,17). The van der Waals surface area contributed by atoms with Gasteiger partial charge < -0.3 is 15.8 Å². The predicted octanol–water partition coefficient (Wildman–Crippen LogP) is 1.44. The third-order valence-corrected chi connectivity index (χ3v) is 4.38. The summed E-state index contributed by atoms with van der Waals surface area (Å²) in [5, 5.41) is 3.20. The lowest BCUT2D eigenvalue weighted by molar-refractivity contribution is -0.127. The Balaban J connectivity index is 1.74. The van der Waals surface area contributed by atoms with Crippen LogP contribution in [0.4, 0.5) is 0 Å². The second kappa shape index (κ2) is 6.53. The van der Waals surface area contributed by atoms with E-state index >= 15 is 0 Å². The number of hydrogen-bond acceptors (Lipinski definition) is 3. The van der Waals surface area contributed by atoms with Crippen LogP contribution in [0.2, 0.25) is 0 Å². The fraction of sp³-hybridized carbons (Fsp3) is 0.929. The highest BCUT2D eigenvalue weighted by molar-refractivity contribution is 5.79. The summed E-state index contributed by atoms with van der Waals surface area (Å²) in [5.41, 5.74) is 5.68. The molecule has 4 nitrogen and oxygen atoms in total. The van der Waals surface area contributed by atoms with Gasteiger partial charge in [-0.1, -0.05) is 0 Å². The number of rotatable bonds is 3. The molecular weight excluding hydrogens is 228 g/mol. The van der Waals surface area contributed by atoms with Gasteiger partial charge in [0.05, 0.1) is 6.10 Å². The summed E-state index contributed by atoms with van der Waals surface area (Å²) in [6.45, 7) is 3.61. The second-order valence-electron chi connectivity index (χ2n) is 5.86. The van der Waals surface area contributed by atoms with Crippen molar-refractivity contribution in [3.63, 3.8) is 0 Å². The molecule has 104 valence electrons. The average Bonchev–Trinajstić information content (AvgIpc) is 2.39. The van der Waals surface area contributed by atoms with E-state index in [1.54, 1.807) is 0 Å². The van der Waals surface area contributed by atoms with Gasteiger partial charge in [0, 0.05) is 18.6 Å². The van der Waals surface area contributed by atoms with E-state index in [1.165, 1.54) is 0 Å². The molecule has 2 atom stereocenters. The third kappa shape index (κ3) is 3.69. The highest BCUT2D eigenvalue weighted by Crippen LogP contribution is 2.28. The zero-order valence-electron chi connectivity index (χ0n) is 11.4. The SMILES string of the molecule is CC1CC(NC(=O)C2CCC(CN)CC2)CCO1. The lowest BCUT2D eigenvalue weighted by Crippen LogP contribution is -2.44. The molecule has 2 rings (SSSR count). The monoisotopic (exact) mass is 254 g/mol. The number of carbonyl (C=O) groups excluding carboxylic acids is 1. The van der Waals surface area contributed by atoms with Gasteiger partial charge in [0.15, 0.2) is 0 Å². The third-order valence-electron chi connectivity index (χ3n) is 4.38. The van der Waals surface area contributed by atoms with Gasteiger partial charge in [-0.3, -0.25) is 4.79 Å². The maximum atomic E-state index is 12.2. The van der Waals surface area contributed by atoms with Gasteiger partial charge in [0.2, 0.25) is 5.91 Å². The molecule has 0 aromatic heterocycles. The van der Waals surface area contributed by atoms with E-state index < -0.39 is 0 Å². The van der Waals surface area contributed by atoms with E-state index in [4.69, 9.17) is 10.5 Å². The van der Waals surface area contributed by atoms with E-state index in [-0.39, 0.29) is 17.9 Å². The number of ether oxygens (including phenoxy) is 1. The molecule has 1 saturated heterocycles. The number of nitrogens with one attached hydrogen (secondary N) is 1. The van der Waals surface area contributed by atoms with Crippen molar-refractivity contribution in [2.75, 3.05) is 13.2 Å². The van der Waals surface area contributed by atoms with Crippen LogP contribution in [0.1, 0.15) is 45.4 Å². The molecular formula is C14H26N2O2. The van der Waals surface area contributed by atoms with Crippen LogP contribution in [0.15, 0.2) is 0 Å². The molecule has 0 aromatic rings. The van der Waals surface area contributed by atoms with E-state index in [0.29, 0.717) is 12.0 Å². The van der Waals surface area contributed by atoms with Crippen molar-refractivity contribution in [3.8, 4) is 0 Å². The molecule has 0 bridgehead atoms. The van der Waals surface area contributed by atoms with Crippen molar-refractivity contribution in [3.05, 3.63) is 0 Å². The highest BCUT2D eigenvalue weighted by atomic mass is 16.5. The van der Waals surface area contributed by atoms with Crippen molar-refractivity contribution < 1.29 is 9.53 Å². The summed E-state index contributed by atoms with van der Waals surface area (Å²) >= 11 is 0.